The van der Waals surface area contributed by atoms with Crippen molar-refractivity contribution in [3.05, 3.63) is 46.4 Å². The van der Waals surface area contributed by atoms with Crippen molar-refractivity contribution >= 4 is 34.6 Å². The topological polar surface area (TPSA) is 77.0 Å². The average molecular weight is 443 g/mol. The van der Waals surface area contributed by atoms with Crippen molar-refractivity contribution in [2.75, 3.05) is 66.0 Å². The molecule has 2 aromatic carbocycles. The van der Waals surface area contributed by atoms with Gasteiger partial charge < -0.3 is 30.7 Å². The fourth-order valence-electron chi connectivity index (χ4n) is 2.17. The minimum absolute atomic E-state index is 0.559. The zero-order valence-electron chi connectivity index (χ0n) is 17.6. The molecule has 0 radical (unpaired) electrons. The molecule has 2 rings (SSSR count). The molecule has 8 heteroatoms. The third-order valence-electron chi connectivity index (χ3n) is 3.72. The Morgan fingerprint density at radius 2 is 1.17 bits per heavy atom. The lowest BCUT2D eigenvalue weighted by molar-refractivity contribution is 0.261. The zero-order valence-corrected chi connectivity index (χ0v) is 19.1. The Balaban J connectivity index is 0.000000291. The second-order valence-corrected chi connectivity index (χ2v) is 7.85. The number of nitrogens with zero attached hydrogens (tertiary/aromatic N) is 2. The first-order valence-corrected chi connectivity index (χ1v) is 10.1. The number of hydrogen-bond donors (Lipinski definition) is 2. The smallest absolute Gasteiger partial charge is 0.138 e. The summed E-state index contributed by atoms with van der Waals surface area (Å²) in [6.07, 6.45) is 0.980. The average Bonchev–Trinajstić information content (AvgIpc) is 2.62. The van der Waals surface area contributed by atoms with Gasteiger partial charge in [-0.15, -0.1) is 0 Å². The van der Waals surface area contributed by atoms with E-state index in [9.17, 15) is 0 Å². The van der Waals surface area contributed by atoms with E-state index in [4.69, 9.17) is 44.1 Å². The van der Waals surface area contributed by atoms with Gasteiger partial charge in [0.25, 0.3) is 0 Å². The lowest BCUT2D eigenvalue weighted by atomic mass is 10.3. The van der Waals surface area contributed by atoms with Gasteiger partial charge in [-0.05, 0) is 71.0 Å². The van der Waals surface area contributed by atoms with Crippen LogP contribution in [0.15, 0.2) is 36.4 Å². The molecule has 0 atom stereocenters. The SMILES string of the molecule is CN(C)CCCOc1ccc(N)cc1Cl.CN(C)CCOc1ccc(N)cc1Cl. The van der Waals surface area contributed by atoms with Crippen LogP contribution in [0.4, 0.5) is 11.4 Å². The fraction of sp³-hybridized carbons (Fsp3) is 0.429. The first-order chi connectivity index (χ1) is 13.7. The molecule has 0 bridgehead atoms. The van der Waals surface area contributed by atoms with Gasteiger partial charge in [0.1, 0.15) is 18.1 Å². The van der Waals surface area contributed by atoms with Gasteiger partial charge in [0, 0.05) is 24.5 Å². The quantitative estimate of drug-likeness (QED) is 0.449. The predicted octanol–water partition coefficient (Wildman–Crippen LogP) is 4.12. The van der Waals surface area contributed by atoms with E-state index in [0.717, 1.165) is 19.5 Å². The Kier molecular flexibility index (Phi) is 11.6. The van der Waals surface area contributed by atoms with Gasteiger partial charge in [0.2, 0.25) is 0 Å². The highest BCUT2D eigenvalue weighted by atomic mass is 35.5. The van der Waals surface area contributed by atoms with Crippen LogP contribution in [0.25, 0.3) is 0 Å². The fourth-order valence-corrected chi connectivity index (χ4v) is 2.66. The zero-order chi connectivity index (χ0) is 21.8. The first-order valence-electron chi connectivity index (χ1n) is 9.34. The molecule has 0 saturated carbocycles. The second kappa shape index (κ2) is 13.4. The molecule has 0 fully saturated rings. The number of anilines is 2. The summed E-state index contributed by atoms with van der Waals surface area (Å²) in [5.74, 6) is 1.38. The van der Waals surface area contributed by atoms with Gasteiger partial charge in [0.15, 0.2) is 0 Å². The lowest BCUT2D eigenvalue weighted by Gasteiger charge is -2.12. The van der Waals surface area contributed by atoms with Crippen LogP contribution in [-0.4, -0.2) is 64.3 Å². The summed E-state index contributed by atoms with van der Waals surface area (Å²) in [5.41, 5.74) is 12.4. The van der Waals surface area contributed by atoms with Crippen LogP contribution in [-0.2, 0) is 0 Å². The maximum atomic E-state index is 5.96. The van der Waals surface area contributed by atoms with Crippen LogP contribution < -0.4 is 20.9 Å². The maximum Gasteiger partial charge on any atom is 0.138 e. The van der Waals surface area contributed by atoms with Crippen LogP contribution in [0.1, 0.15) is 6.42 Å². The van der Waals surface area contributed by atoms with Crippen LogP contribution in [0.5, 0.6) is 11.5 Å². The molecular weight excluding hydrogens is 411 g/mol. The summed E-state index contributed by atoms with van der Waals surface area (Å²) in [7, 11) is 8.06. The normalized spacial score (nSPS) is 10.6. The molecule has 0 aliphatic carbocycles. The van der Waals surface area contributed by atoms with Gasteiger partial charge in [0.05, 0.1) is 16.7 Å². The Morgan fingerprint density at radius 3 is 1.59 bits per heavy atom. The van der Waals surface area contributed by atoms with Crippen LogP contribution in [0, 0.1) is 0 Å². The monoisotopic (exact) mass is 442 g/mol. The van der Waals surface area contributed by atoms with E-state index in [-0.39, 0.29) is 0 Å². The summed E-state index contributed by atoms with van der Waals surface area (Å²) in [5, 5.41) is 1.13. The van der Waals surface area contributed by atoms with Gasteiger partial charge in [-0.25, -0.2) is 0 Å². The van der Waals surface area contributed by atoms with E-state index < -0.39 is 0 Å². The van der Waals surface area contributed by atoms with E-state index in [1.807, 2.05) is 33.1 Å². The van der Waals surface area contributed by atoms with Crippen LogP contribution in [0.3, 0.4) is 0 Å². The summed E-state index contributed by atoms with van der Waals surface area (Å²) in [6.45, 7) is 3.16. The largest absolute Gasteiger partial charge is 0.492 e. The molecule has 0 aromatic heterocycles. The van der Waals surface area contributed by atoms with Crippen LogP contribution >= 0.6 is 23.2 Å². The van der Waals surface area contributed by atoms with Crippen molar-refractivity contribution in [1.29, 1.82) is 0 Å². The Bertz CT molecular complexity index is 743. The van der Waals surface area contributed by atoms with Crippen molar-refractivity contribution in [3.63, 3.8) is 0 Å². The standard InChI is InChI=1S/C11H17ClN2O.C10H15ClN2O/c1-14(2)6-3-7-15-11-5-4-9(13)8-10(11)12;1-13(2)5-6-14-10-4-3-8(12)7-9(10)11/h4-5,8H,3,6-7,13H2,1-2H3;3-4,7H,5-6,12H2,1-2H3. The molecule has 0 saturated heterocycles. The van der Waals surface area contributed by atoms with E-state index in [0.29, 0.717) is 46.1 Å². The van der Waals surface area contributed by atoms with Crippen molar-refractivity contribution < 1.29 is 9.47 Å². The molecule has 0 aliphatic rings. The minimum Gasteiger partial charge on any atom is -0.492 e. The van der Waals surface area contributed by atoms with Crippen LogP contribution in [0.2, 0.25) is 10.0 Å². The molecule has 6 nitrogen and oxygen atoms in total. The second-order valence-electron chi connectivity index (χ2n) is 7.04. The van der Waals surface area contributed by atoms with Gasteiger partial charge >= 0.3 is 0 Å². The highest BCUT2D eigenvalue weighted by Crippen LogP contribution is 2.27. The molecule has 29 heavy (non-hydrogen) atoms. The maximum absolute atomic E-state index is 5.96. The van der Waals surface area contributed by atoms with E-state index >= 15 is 0 Å². The molecule has 0 spiro atoms. The summed E-state index contributed by atoms with van der Waals surface area (Å²) >= 11 is 11.9. The van der Waals surface area contributed by atoms with Crippen molar-refractivity contribution in [1.82, 2.24) is 9.80 Å². The van der Waals surface area contributed by atoms with Crippen molar-refractivity contribution in [3.8, 4) is 11.5 Å². The molecular formula is C21H32Cl2N4O2. The highest BCUT2D eigenvalue weighted by Gasteiger charge is 2.02. The number of likely N-dealkylation sites (N-methyl/N-ethyl adjacent to an activating group) is 1. The van der Waals surface area contributed by atoms with E-state index in [2.05, 4.69) is 4.90 Å². The van der Waals surface area contributed by atoms with E-state index in [1.165, 1.54) is 0 Å². The number of nitrogens with two attached hydrogens (primary N) is 2. The lowest BCUT2D eigenvalue weighted by Crippen LogP contribution is -2.19. The van der Waals surface area contributed by atoms with Crippen molar-refractivity contribution in [2.24, 2.45) is 0 Å². The number of halogens is 2. The van der Waals surface area contributed by atoms with Gasteiger partial charge in [-0.2, -0.15) is 0 Å². The Hall–Kier alpha value is -1.86. The summed E-state index contributed by atoms with van der Waals surface area (Å²) < 4.78 is 11.0. The third kappa shape index (κ3) is 11.0. The van der Waals surface area contributed by atoms with E-state index in [1.54, 1.807) is 36.4 Å². The Labute approximate surface area is 184 Å². The minimum atomic E-state index is 0.559. The van der Waals surface area contributed by atoms with Crippen molar-refractivity contribution in [2.45, 2.75) is 6.42 Å². The number of rotatable bonds is 9. The molecule has 0 heterocycles. The summed E-state index contributed by atoms with van der Waals surface area (Å²) in [4.78, 5) is 4.17. The number of benzene rings is 2. The molecule has 0 amide bonds. The number of hydrogen-bond acceptors (Lipinski definition) is 6. The Morgan fingerprint density at radius 1 is 0.724 bits per heavy atom. The molecule has 0 unspecified atom stereocenters. The number of nitrogen functional groups attached to an aromatic ring is 2. The van der Waals surface area contributed by atoms with Gasteiger partial charge in [-0.3, -0.25) is 0 Å². The first kappa shape index (κ1) is 25.2. The molecule has 4 N–H and O–H groups in total. The molecule has 162 valence electrons. The molecule has 2 aromatic rings. The third-order valence-corrected chi connectivity index (χ3v) is 4.31. The highest BCUT2D eigenvalue weighted by molar-refractivity contribution is 6.32. The predicted molar refractivity (Wildman–Crippen MR) is 124 cm³/mol. The summed E-state index contributed by atoms with van der Waals surface area (Å²) in [6, 6.07) is 10.5. The van der Waals surface area contributed by atoms with Gasteiger partial charge in [-0.1, -0.05) is 23.2 Å². The molecule has 0 aliphatic heterocycles. The number of ether oxygens (including phenoxy) is 2.